The maximum atomic E-state index is 14.8. The van der Waals surface area contributed by atoms with Gasteiger partial charge in [-0.3, -0.25) is 14.9 Å². The molecular weight excluding hydrogens is 287 g/mol. The van der Waals surface area contributed by atoms with E-state index in [9.17, 15) is 14.0 Å². The molecule has 6 heteroatoms. The average Bonchev–Trinajstić information content (AvgIpc) is 2.44. The van der Waals surface area contributed by atoms with E-state index in [1.165, 1.54) is 7.11 Å². The van der Waals surface area contributed by atoms with Crippen LogP contribution < -0.4 is 15.0 Å². The van der Waals surface area contributed by atoms with Crippen LogP contribution in [0.5, 0.6) is 5.75 Å². The largest absolute Gasteiger partial charge is 0.492 e. The smallest absolute Gasteiger partial charge is 0.234 e. The second kappa shape index (κ2) is 5.59. The first-order valence-electron chi connectivity index (χ1n) is 7.46. The Hall–Kier alpha value is -2.11. The number of halogens is 1. The Balaban J connectivity index is 1.93. The molecule has 1 unspecified atom stereocenters. The van der Waals surface area contributed by atoms with Gasteiger partial charge in [0.25, 0.3) is 0 Å². The van der Waals surface area contributed by atoms with Crippen molar-refractivity contribution in [3.05, 3.63) is 23.5 Å². The zero-order valence-electron chi connectivity index (χ0n) is 12.7. The summed E-state index contributed by atoms with van der Waals surface area (Å²) in [6, 6.07) is 3.43. The van der Waals surface area contributed by atoms with Crippen LogP contribution in [0.15, 0.2) is 12.1 Å². The fourth-order valence-corrected chi connectivity index (χ4v) is 3.16. The van der Waals surface area contributed by atoms with Gasteiger partial charge in [-0.05, 0) is 18.4 Å². The molecule has 1 aromatic carbocycles. The normalized spacial score (nSPS) is 22.3. The predicted molar refractivity (Wildman–Crippen MR) is 79.5 cm³/mol. The highest BCUT2D eigenvalue weighted by molar-refractivity contribution is 6.01. The highest BCUT2D eigenvalue weighted by atomic mass is 19.1. The summed E-state index contributed by atoms with van der Waals surface area (Å²) in [6.45, 7) is 3.87. The van der Waals surface area contributed by atoms with Gasteiger partial charge in [-0.2, -0.15) is 0 Å². The van der Waals surface area contributed by atoms with Crippen LogP contribution in [0, 0.1) is 11.7 Å². The van der Waals surface area contributed by atoms with E-state index in [0.29, 0.717) is 23.6 Å². The van der Waals surface area contributed by atoms with Gasteiger partial charge in [0.2, 0.25) is 11.8 Å². The molecule has 0 saturated carbocycles. The second-order valence-corrected chi connectivity index (χ2v) is 6.03. The van der Waals surface area contributed by atoms with Crippen LogP contribution in [0.2, 0.25) is 0 Å². The Labute approximate surface area is 128 Å². The standard InChI is InChI=1S/C16H19FN2O3/c1-9-7-19(8-9)12-5-3-10(14(17)15(12)22-2)11-4-6-13(20)18-16(11)21/h3,5,9,11H,4,6-8H2,1-2H3,(H,18,20,21). The Morgan fingerprint density at radius 3 is 2.64 bits per heavy atom. The summed E-state index contributed by atoms with van der Waals surface area (Å²) in [5.41, 5.74) is 1.01. The van der Waals surface area contributed by atoms with Crippen LogP contribution in [0.4, 0.5) is 10.1 Å². The summed E-state index contributed by atoms with van der Waals surface area (Å²) in [6.07, 6.45) is 0.550. The van der Waals surface area contributed by atoms with Crippen molar-refractivity contribution in [3.63, 3.8) is 0 Å². The van der Waals surface area contributed by atoms with Crippen molar-refractivity contribution in [1.82, 2.24) is 5.32 Å². The van der Waals surface area contributed by atoms with Crippen LogP contribution in [0.3, 0.4) is 0 Å². The number of ether oxygens (including phenoxy) is 1. The summed E-state index contributed by atoms with van der Waals surface area (Å²) in [7, 11) is 1.43. The predicted octanol–water partition coefficient (Wildman–Crippen LogP) is 1.81. The minimum Gasteiger partial charge on any atom is -0.492 e. The van der Waals surface area contributed by atoms with Gasteiger partial charge in [-0.25, -0.2) is 4.39 Å². The fourth-order valence-electron chi connectivity index (χ4n) is 3.16. The zero-order chi connectivity index (χ0) is 15.9. The quantitative estimate of drug-likeness (QED) is 0.865. The zero-order valence-corrected chi connectivity index (χ0v) is 12.7. The van der Waals surface area contributed by atoms with E-state index in [1.807, 2.05) is 0 Å². The third kappa shape index (κ3) is 2.42. The van der Waals surface area contributed by atoms with Gasteiger partial charge < -0.3 is 9.64 Å². The monoisotopic (exact) mass is 306 g/mol. The molecule has 1 N–H and O–H groups in total. The van der Waals surface area contributed by atoms with Crippen LogP contribution in [0.25, 0.3) is 0 Å². The van der Waals surface area contributed by atoms with Crippen LogP contribution in [0.1, 0.15) is 31.2 Å². The molecule has 0 spiro atoms. The van der Waals surface area contributed by atoms with Gasteiger partial charge in [0.15, 0.2) is 11.6 Å². The summed E-state index contributed by atoms with van der Waals surface area (Å²) < 4.78 is 20.0. The van der Waals surface area contributed by atoms with Gasteiger partial charge in [0, 0.05) is 25.1 Å². The van der Waals surface area contributed by atoms with Gasteiger partial charge in [0.05, 0.1) is 18.7 Å². The lowest BCUT2D eigenvalue weighted by molar-refractivity contribution is -0.134. The number of carbonyl (C=O) groups excluding carboxylic acids is 2. The number of hydrogen-bond donors (Lipinski definition) is 1. The number of amides is 2. The van der Waals surface area contributed by atoms with Gasteiger partial charge >= 0.3 is 0 Å². The average molecular weight is 306 g/mol. The molecule has 118 valence electrons. The number of nitrogens with one attached hydrogen (secondary N) is 1. The number of nitrogens with zero attached hydrogens (tertiary/aromatic N) is 1. The van der Waals surface area contributed by atoms with Crippen molar-refractivity contribution >= 4 is 17.5 Å². The number of hydrogen-bond acceptors (Lipinski definition) is 4. The van der Waals surface area contributed by atoms with E-state index >= 15 is 0 Å². The molecule has 1 atom stereocenters. The summed E-state index contributed by atoms with van der Waals surface area (Å²) in [5.74, 6) is -1.14. The molecule has 0 radical (unpaired) electrons. The maximum Gasteiger partial charge on any atom is 0.234 e. The van der Waals surface area contributed by atoms with Crippen LogP contribution in [-0.2, 0) is 9.59 Å². The number of imide groups is 1. The molecule has 2 saturated heterocycles. The third-order valence-electron chi connectivity index (χ3n) is 4.33. The second-order valence-electron chi connectivity index (χ2n) is 6.03. The fraction of sp³-hybridized carbons (Fsp3) is 0.500. The summed E-state index contributed by atoms with van der Waals surface area (Å²) in [4.78, 5) is 25.2. The number of anilines is 1. The van der Waals surface area contributed by atoms with Crippen molar-refractivity contribution < 1.29 is 18.7 Å². The summed E-state index contributed by atoms with van der Waals surface area (Å²) >= 11 is 0. The van der Waals surface area contributed by atoms with E-state index in [2.05, 4.69) is 17.1 Å². The minimum absolute atomic E-state index is 0.175. The van der Waals surface area contributed by atoms with Gasteiger partial charge in [0.1, 0.15) is 0 Å². The number of methoxy groups -OCH3 is 1. The van der Waals surface area contributed by atoms with E-state index in [4.69, 9.17) is 4.74 Å². The molecule has 5 nitrogen and oxygen atoms in total. The Bertz CT molecular complexity index is 626. The molecule has 22 heavy (non-hydrogen) atoms. The molecule has 1 aromatic rings. The van der Waals surface area contributed by atoms with Crippen molar-refractivity contribution in [1.29, 1.82) is 0 Å². The Morgan fingerprint density at radius 2 is 2.05 bits per heavy atom. The van der Waals surface area contributed by atoms with E-state index in [-0.39, 0.29) is 18.1 Å². The van der Waals surface area contributed by atoms with Crippen molar-refractivity contribution in [2.75, 3.05) is 25.1 Å². The van der Waals surface area contributed by atoms with Crippen molar-refractivity contribution in [2.24, 2.45) is 5.92 Å². The third-order valence-corrected chi connectivity index (χ3v) is 4.33. The molecule has 3 rings (SSSR count). The molecule has 2 amide bonds. The topological polar surface area (TPSA) is 58.6 Å². The SMILES string of the molecule is COc1c(N2CC(C)C2)ccc(C2CCC(=O)NC2=O)c1F. The Kier molecular flexibility index (Phi) is 3.76. The highest BCUT2D eigenvalue weighted by Gasteiger charge is 2.33. The van der Waals surface area contributed by atoms with E-state index in [1.54, 1.807) is 12.1 Å². The lowest BCUT2D eigenvalue weighted by Crippen LogP contribution is -2.45. The molecule has 2 aliphatic heterocycles. The minimum atomic E-state index is -0.643. The van der Waals surface area contributed by atoms with Gasteiger partial charge in [-0.15, -0.1) is 0 Å². The number of piperidine rings is 1. The maximum absolute atomic E-state index is 14.8. The first-order valence-corrected chi connectivity index (χ1v) is 7.46. The van der Waals surface area contributed by atoms with Crippen LogP contribution >= 0.6 is 0 Å². The molecular formula is C16H19FN2O3. The Morgan fingerprint density at radius 1 is 1.32 bits per heavy atom. The lowest BCUT2D eigenvalue weighted by atomic mass is 9.89. The number of benzene rings is 1. The molecule has 0 aliphatic carbocycles. The molecule has 0 aromatic heterocycles. The number of carbonyl (C=O) groups is 2. The van der Waals surface area contributed by atoms with E-state index < -0.39 is 17.6 Å². The number of rotatable bonds is 3. The molecule has 2 aliphatic rings. The van der Waals surface area contributed by atoms with Gasteiger partial charge in [-0.1, -0.05) is 13.0 Å². The summed E-state index contributed by atoms with van der Waals surface area (Å²) in [5, 5.41) is 2.26. The lowest BCUT2D eigenvalue weighted by Gasteiger charge is -2.40. The first-order chi connectivity index (χ1) is 10.5. The van der Waals surface area contributed by atoms with E-state index in [0.717, 1.165) is 13.1 Å². The molecule has 2 heterocycles. The molecule has 2 fully saturated rings. The first kappa shape index (κ1) is 14.8. The highest BCUT2D eigenvalue weighted by Crippen LogP contribution is 2.39. The van der Waals surface area contributed by atoms with Crippen LogP contribution in [-0.4, -0.2) is 32.0 Å². The molecule has 0 bridgehead atoms. The van der Waals surface area contributed by atoms with Crippen molar-refractivity contribution in [3.8, 4) is 5.75 Å². The van der Waals surface area contributed by atoms with Crippen molar-refractivity contribution in [2.45, 2.75) is 25.7 Å².